The van der Waals surface area contributed by atoms with Crippen LogP contribution in [0.3, 0.4) is 0 Å². The number of pyridine rings is 2. The van der Waals surface area contributed by atoms with Crippen molar-refractivity contribution < 1.29 is 0 Å². The molecule has 0 spiro atoms. The summed E-state index contributed by atoms with van der Waals surface area (Å²) in [5.41, 5.74) is 16.9. The lowest BCUT2D eigenvalue weighted by atomic mass is 9.67. The van der Waals surface area contributed by atoms with Crippen LogP contribution < -0.4 is 9.80 Å². The minimum Gasteiger partial charge on any atom is -0.355 e. The number of hydrogen-bond acceptors (Lipinski definition) is 4. The van der Waals surface area contributed by atoms with Gasteiger partial charge >= 0.3 is 0 Å². The van der Waals surface area contributed by atoms with Gasteiger partial charge in [-0.2, -0.15) is 0 Å². The summed E-state index contributed by atoms with van der Waals surface area (Å²) in [4.78, 5) is 14.9. The third-order valence-corrected chi connectivity index (χ3v) is 11.0. The van der Waals surface area contributed by atoms with Gasteiger partial charge in [0, 0.05) is 24.6 Å². The van der Waals surface area contributed by atoms with Crippen molar-refractivity contribution in [2.24, 2.45) is 0 Å². The van der Waals surface area contributed by atoms with E-state index in [4.69, 9.17) is 9.97 Å². The van der Waals surface area contributed by atoms with E-state index < -0.39 is 5.41 Å². The number of aryl methyl sites for hydroxylation is 2. The normalized spacial score (nSPS) is 14.6. The van der Waals surface area contributed by atoms with Gasteiger partial charge in [0.05, 0.1) is 40.5 Å². The second-order valence-electron chi connectivity index (χ2n) is 14.9. The van der Waals surface area contributed by atoms with Crippen molar-refractivity contribution in [3.63, 3.8) is 0 Å². The highest BCUT2D eigenvalue weighted by molar-refractivity contribution is 5.88. The first-order valence-electron chi connectivity index (χ1n) is 17.5. The second-order valence-corrected chi connectivity index (χ2v) is 14.9. The van der Waals surface area contributed by atoms with Gasteiger partial charge in [0.2, 0.25) is 0 Å². The molecular weight excluding hydrogens is 611 g/mol. The van der Waals surface area contributed by atoms with Gasteiger partial charge in [-0.1, -0.05) is 93.6 Å². The fourth-order valence-corrected chi connectivity index (χ4v) is 8.40. The van der Waals surface area contributed by atoms with Crippen LogP contribution >= 0.6 is 0 Å². The van der Waals surface area contributed by atoms with Crippen molar-refractivity contribution in [2.75, 3.05) is 23.5 Å². The van der Waals surface area contributed by atoms with Crippen molar-refractivity contribution in [1.29, 1.82) is 0 Å². The molecule has 0 unspecified atom stereocenters. The van der Waals surface area contributed by atoms with Crippen LogP contribution in [0.4, 0.5) is 17.1 Å². The summed E-state index contributed by atoms with van der Waals surface area (Å²) in [5.74, 6) is 0. The highest BCUT2D eigenvalue weighted by Gasteiger charge is 2.47. The van der Waals surface area contributed by atoms with E-state index in [1.165, 1.54) is 56.0 Å². The van der Waals surface area contributed by atoms with Gasteiger partial charge in [-0.15, -0.1) is 0 Å². The quantitative estimate of drug-likeness (QED) is 0.190. The van der Waals surface area contributed by atoms with Gasteiger partial charge < -0.3 is 9.80 Å². The second kappa shape index (κ2) is 10.9. The van der Waals surface area contributed by atoms with E-state index in [9.17, 15) is 0 Å². The summed E-state index contributed by atoms with van der Waals surface area (Å²) in [5, 5.41) is 0. The first-order valence-corrected chi connectivity index (χ1v) is 17.5. The summed E-state index contributed by atoms with van der Waals surface area (Å²) in [6.45, 7) is 11.8. The zero-order valence-electron chi connectivity index (χ0n) is 29.6. The molecule has 3 aromatic heterocycles. The summed E-state index contributed by atoms with van der Waals surface area (Å²) >= 11 is 0. The standard InChI is InChI=1S/C45H41N5/c1-29-30(2)50-42(39-25-31(22-23-46-39)44(3,4)5)26-33(27-43(50)47-29)45(37-18-9-7-16-35(37)36-17-8-10-19-38(36)45)32-14-13-15-34(24-32)49-28-48(6)40-20-11-12-21-41(40)49/h7-27H,28H2,1-6H3. The molecule has 9 rings (SSSR count). The molecule has 0 saturated carbocycles. The summed E-state index contributed by atoms with van der Waals surface area (Å²) in [6.07, 6.45) is 1.96. The maximum atomic E-state index is 5.17. The molecule has 5 nitrogen and oxygen atoms in total. The number of imidazole rings is 1. The number of benzene rings is 4. The van der Waals surface area contributed by atoms with E-state index in [0.717, 1.165) is 35.1 Å². The van der Waals surface area contributed by atoms with Crippen LogP contribution in [0.15, 0.2) is 128 Å². The molecule has 5 heteroatoms. The molecule has 0 amide bonds. The van der Waals surface area contributed by atoms with Crippen molar-refractivity contribution >= 4 is 22.7 Å². The Labute approximate surface area is 294 Å². The molecular formula is C45H41N5. The van der Waals surface area contributed by atoms with Gasteiger partial charge in [0.25, 0.3) is 0 Å². The van der Waals surface area contributed by atoms with Crippen LogP contribution in [-0.4, -0.2) is 28.1 Å². The first-order chi connectivity index (χ1) is 24.2. The summed E-state index contributed by atoms with van der Waals surface area (Å²) in [7, 11) is 2.17. The van der Waals surface area contributed by atoms with E-state index >= 15 is 0 Å². The van der Waals surface area contributed by atoms with Crippen LogP contribution in [-0.2, 0) is 10.8 Å². The molecule has 0 atom stereocenters. The number of rotatable bonds is 4. The molecule has 4 aromatic carbocycles. The number of fused-ring (bicyclic) bond motifs is 5. The predicted molar refractivity (Wildman–Crippen MR) is 206 cm³/mol. The molecule has 0 fully saturated rings. The molecule has 7 aromatic rings. The Morgan fingerprint density at radius 1 is 0.680 bits per heavy atom. The molecule has 0 radical (unpaired) electrons. The fraction of sp³-hybridized carbons (Fsp3) is 0.200. The molecule has 50 heavy (non-hydrogen) atoms. The molecule has 0 bridgehead atoms. The van der Waals surface area contributed by atoms with Gasteiger partial charge in [0.15, 0.2) is 0 Å². The van der Waals surface area contributed by atoms with E-state index in [-0.39, 0.29) is 5.41 Å². The summed E-state index contributed by atoms with van der Waals surface area (Å²) < 4.78 is 2.29. The lowest BCUT2D eigenvalue weighted by Crippen LogP contribution is -2.30. The Bertz CT molecular complexity index is 2420. The summed E-state index contributed by atoms with van der Waals surface area (Å²) in [6, 6.07) is 44.9. The Morgan fingerprint density at radius 2 is 1.36 bits per heavy atom. The van der Waals surface area contributed by atoms with E-state index in [0.29, 0.717) is 0 Å². The van der Waals surface area contributed by atoms with Crippen molar-refractivity contribution in [1.82, 2.24) is 14.4 Å². The molecule has 2 aliphatic rings. The van der Waals surface area contributed by atoms with Crippen LogP contribution in [0.1, 0.15) is 60.0 Å². The smallest absolute Gasteiger partial charge is 0.138 e. The third kappa shape index (κ3) is 4.32. The first kappa shape index (κ1) is 30.4. The van der Waals surface area contributed by atoms with Gasteiger partial charge in [-0.25, -0.2) is 4.98 Å². The van der Waals surface area contributed by atoms with Crippen molar-refractivity contribution in [3.8, 4) is 22.5 Å². The third-order valence-electron chi connectivity index (χ3n) is 11.0. The number of nitrogens with zero attached hydrogens (tertiary/aromatic N) is 5. The lowest BCUT2D eigenvalue weighted by Gasteiger charge is -2.35. The zero-order chi connectivity index (χ0) is 34.4. The Balaban J connectivity index is 1.37. The molecule has 1 aliphatic heterocycles. The van der Waals surface area contributed by atoms with Gasteiger partial charge in [0.1, 0.15) is 5.65 Å². The average molecular weight is 652 g/mol. The molecule has 4 heterocycles. The molecule has 0 saturated heterocycles. The molecule has 0 N–H and O–H groups in total. The van der Waals surface area contributed by atoms with Gasteiger partial charge in [-0.05, 0) is 107 Å². The van der Waals surface area contributed by atoms with E-state index in [1.807, 2.05) is 6.20 Å². The van der Waals surface area contributed by atoms with E-state index in [1.54, 1.807) is 0 Å². The highest BCUT2D eigenvalue weighted by atomic mass is 15.4. The topological polar surface area (TPSA) is 36.7 Å². The number of para-hydroxylation sites is 2. The Morgan fingerprint density at radius 3 is 2.08 bits per heavy atom. The minimum atomic E-state index is -0.597. The van der Waals surface area contributed by atoms with Crippen LogP contribution in [0.25, 0.3) is 28.2 Å². The zero-order valence-corrected chi connectivity index (χ0v) is 29.6. The van der Waals surface area contributed by atoms with Gasteiger partial charge in [-0.3, -0.25) is 9.38 Å². The van der Waals surface area contributed by atoms with Crippen LogP contribution in [0, 0.1) is 13.8 Å². The number of anilines is 3. The average Bonchev–Trinajstić information content (AvgIpc) is 3.74. The Kier molecular flexibility index (Phi) is 6.63. The maximum Gasteiger partial charge on any atom is 0.138 e. The molecule has 246 valence electrons. The molecule has 1 aliphatic carbocycles. The SMILES string of the molecule is Cc1nc2cc(C3(c4cccc(N5CN(C)c6ccccc65)c4)c4ccccc4-c4ccccc43)cc(-c3cc(C(C)(C)C)ccn3)n2c1C. The monoisotopic (exact) mass is 651 g/mol. The van der Waals surface area contributed by atoms with Crippen LogP contribution in [0.2, 0.25) is 0 Å². The minimum absolute atomic E-state index is 0.0123. The predicted octanol–water partition coefficient (Wildman–Crippen LogP) is 10.2. The Hall–Kier alpha value is -5.68. The highest BCUT2D eigenvalue weighted by Crippen LogP contribution is 2.57. The lowest BCUT2D eigenvalue weighted by molar-refractivity contribution is 0.589. The van der Waals surface area contributed by atoms with Crippen LogP contribution in [0.5, 0.6) is 0 Å². The number of hydrogen-bond donors (Lipinski definition) is 0. The fourth-order valence-electron chi connectivity index (χ4n) is 8.40. The van der Waals surface area contributed by atoms with E-state index in [2.05, 4.69) is 177 Å². The largest absolute Gasteiger partial charge is 0.355 e. The van der Waals surface area contributed by atoms with Crippen molar-refractivity contribution in [2.45, 2.75) is 45.4 Å². The van der Waals surface area contributed by atoms with Crippen molar-refractivity contribution in [3.05, 3.63) is 167 Å². The number of aromatic nitrogens is 3. The maximum absolute atomic E-state index is 5.17.